The van der Waals surface area contributed by atoms with Crippen molar-refractivity contribution < 1.29 is 4.79 Å². The summed E-state index contributed by atoms with van der Waals surface area (Å²) in [5, 5.41) is 0.544. The third-order valence-electron chi connectivity index (χ3n) is 3.47. The summed E-state index contributed by atoms with van der Waals surface area (Å²) in [6.45, 7) is 0.240. The van der Waals surface area contributed by atoms with Gasteiger partial charge in [0.15, 0.2) is 0 Å². The Morgan fingerprint density at radius 3 is 2.78 bits per heavy atom. The van der Waals surface area contributed by atoms with E-state index in [9.17, 15) is 9.59 Å². The normalized spacial score (nSPS) is 10.7. The molecule has 5 nitrogen and oxygen atoms in total. The van der Waals surface area contributed by atoms with E-state index in [-0.39, 0.29) is 18.0 Å². The maximum atomic E-state index is 12.5. The summed E-state index contributed by atoms with van der Waals surface area (Å²) in [5.41, 5.74) is 1.05. The molecule has 0 fully saturated rings. The van der Waals surface area contributed by atoms with E-state index in [1.54, 1.807) is 36.2 Å². The fourth-order valence-corrected chi connectivity index (χ4v) is 2.89. The van der Waals surface area contributed by atoms with E-state index in [4.69, 9.17) is 0 Å². The van der Waals surface area contributed by atoms with Gasteiger partial charge in [-0.2, -0.15) is 0 Å². The van der Waals surface area contributed by atoms with E-state index in [0.717, 1.165) is 3.57 Å². The van der Waals surface area contributed by atoms with Crippen molar-refractivity contribution in [1.82, 2.24) is 14.9 Å². The Morgan fingerprint density at radius 2 is 2.00 bits per heavy atom. The van der Waals surface area contributed by atoms with E-state index >= 15 is 0 Å². The monoisotopic (exact) mass is 419 g/mol. The van der Waals surface area contributed by atoms with Crippen molar-refractivity contribution in [1.29, 1.82) is 0 Å². The van der Waals surface area contributed by atoms with Crippen LogP contribution in [0.2, 0.25) is 0 Å². The van der Waals surface area contributed by atoms with Crippen LogP contribution in [0.15, 0.2) is 53.3 Å². The average molecular weight is 419 g/mol. The molecule has 0 aliphatic heterocycles. The van der Waals surface area contributed by atoms with Crippen molar-refractivity contribution in [2.75, 3.05) is 7.05 Å². The highest BCUT2D eigenvalue weighted by atomic mass is 127. The molecule has 0 unspecified atom stereocenters. The molecule has 0 aliphatic rings. The molecule has 3 aromatic rings. The minimum Gasteiger partial charge on any atom is -0.334 e. The molecule has 23 heavy (non-hydrogen) atoms. The van der Waals surface area contributed by atoms with Crippen LogP contribution in [0, 0.1) is 3.57 Å². The Bertz CT molecular complexity index is 936. The first-order valence-corrected chi connectivity index (χ1v) is 8.11. The molecule has 1 amide bonds. The van der Waals surface area contributed by atoms with Crippen LogP contribution < -0.4 is 5.56 Å². The first kappa shape index (κ1) is 15.7. The fraction of sp³-hybridized carbons (Fsp3) is 0.118. The zero-order valence-corrected chi connectivity index (χ0v) is 14.6. The van der Waals surface area contributed by atoms with Crippen LogP contribution in [0.5, 0.6) is 0 Å². The SMILES string of the molecule is CN(Cc1nc2ccccc2c(=O)[nH]1)C(=O)c1cccc(I)c1. The lowest BCUT2D eigenvalue weighted by Crippen LogP contribution is -2.28. The third kappa shape index (κ3) is 3.42. The number of nitrogens with one attached hydrogen (secondary N) is 1. The molecule has 3 rings (SSSR count). The minimum absolute atomic E-state index is 0.112. The number of carbonyl (C=O) groups is 1. The zero-order chi connectivity index (χ0) is 16.4. The van der Waals surface area contributed by atoms with Gasteiger partial charge < -0.3 is 9.88 Å². The number of hydrogen-bond acceptors (Lipinski definition) is 3. The molecule has 0 atom stereocenters. The summed E-state index contributed by atoms with van der Waals surface area (Å²) in [4.78, 5) is 33.2. The number of nitrogens with zero attached hydrogens (tertiary/aromatic N) is 2. The number of benzene rings is 2. The Kier molecular flexibility index (Phi) is 4.42. The number of aromatic amines is 1. The highest BCUT2D eigenvalue weighted by molar-refractivity contribution is 14.1. The van der Waals surface area contributed by atoms with E-state index in [0.29, 0.717) is 22.3 Å². The van der Waals surface area contributed by atoms with Crippen molar-refractivity contribution in [2.24, 2.45) is 0 Å². The topological polar surface area (TPSA) is 66.1 Å². The Balaban J connectivity index is 1.86. The van der Waals surface area contributed by atoms with Gasteiger partial charge >= 0.3 is 0 Å². The van der Waals surface area contributed by atoms with Crippen LogP contribution >= 0.6 is 22.6 Å². The van der Waals surface area contributed by atoms with Crippen LogP contribution in [0.4, 0.5) is 0 Å². The van der Waals surface area contributed by atoms with Gasteiger partial charge in [0.25, 0.3) is 11.5 Å². The van der Waals surface area contributed by atoms with Gasteiger partial charge in [0, 0.05) is 16.2 Å². The average Bonchev–Trinajstić information content (AvgIpc) is 2.54. The fourth-order valence-electron chi connectivity index (χ4n) is 2.35. The first-order valence-electron chi connectivity index (χ1n) is 7.03. The molecule has 1 N–H and O–H groups in total. The van der Waals surface area contributed by atoms with Gasteiger partial charge in [0.1, 0.15) is 5.82 Å². The number of rotatable bonds is 3. The van der Waals surface area contributed by atoms with Crippen LogP contribution in [-0.2, 0) is 6.54 Å². The smallest absolute Gasteiger partial charge is 0.258 e. The van der Waals surface area contributed by atoms with Gasteiger partial charge in [-0.3, -0.25) is 9.59 Å². The molecule has 0 spiro atoms. The van der Waals surface area contributed by atoms with Crippen LogP contribution in [0.25, 0.3) is 10.9 Å². The molecule has 2 aromatic carbocycles. The number of aromatic nitrogens is 2. The number of amides is 1. The van der Waals surface area contributed by atoms with Crippen molar-refractivity contribution in [3.8, 4) is 0 Å². The Morgan fingerprint density at radius 1 is 1.22 bits per heavy atom. The largest absolute Gasteiger partial charge is 0.334 e. The minimum atomic E-state index is -0.194. The van der Waals surface area contributed by atoms with Crippen molar-refractivity contribution >= 4 is 39.4 Å². The van der Waals surface area contributed by atoms with Crippen molar-refractivity contribution in [2.45, 2.75) is 6.54 Å². The predicted octanol–water partition coefficient (Wildman–Crippen LogP) is 2.80. The highest BCUT2D eigenvalue weighted by Gasteiger charge is 2.14. The lowest BCUT2D eigenvalue weighted by atomic mass is 10.2. The number of carbonyl (C=O) groups excluding carboxylic acids is 1. The number of hydrogen-bond donors (Lipinski definition) is 1. The molecule has 1 aromatic heterocycles. The number of H-pyrrole nitrogens is 1. The summed E-state index contributed by atoms with van der Waals surface area (Å²) < 4.78 is 0.999. The van der Waals surface area contributed by atoms with Gasteiger partial charge in [0.2, 0.25) is 0 Å². The zero-order valence-electron chi connectivity index (χ0n) is 12.4. The molecule has 0 radical (unpaired) electrons. The van der Waals surface area contributed by atoms with Crippen molar-refractivity contribution in [3.05, 3.63) is 73.8 Å². The van der Waals surface area contributed by atoms with Gasteiger partial charge in [-0.15, -0.1) is 0 Å². The van der Waals surface area contributed by atoms with E-state index in [1.807, 2.05) is 24.3 Å². The maximum Gasteiger partial charge on any atom is 0.258 e. The summed E-state index contributed by atoms with van der Waals surface area (Å²) >= 11 is 2.17. The van der Waals surface area contributed by atoms with Crippen molar-refractivity contribution in [3.63, 3.8) is 0 Å². The van der Waals surface area contributed by atoms with E-state index in [1.165, 1.54) is 0 Å². The molecule has 116 valence electrons. The van der Waals surface area contributed by atoms with Crippen LogP contribution in [-0.4, -0.2) is 27.8 Å². The number of halogens is 1. The molecule has 0 aliphatic carbocycles. The van der Waals surface area contributed by atoms with Gasteiger partial charge in [-0.25, -0.2) is 4.98 Å². The standard InChI is InChI=1S/C17H14IN3O2/c1-21(17(23)11-5-4-6-12(18)9-11)10-15-19-14-8-3-2-7-13(14)16(22)20-15/h2-9H,10H2,1H3,(H,19,20,22). The second kappa shape index (κ2) is 6.49. The van der Waals surface area contributed by atoms with E-state index in [2.05, 4.69) is 32.6 Å². The molecule has 1 heterocycles. The van der Waals surface area contributed by atoms with E-state index < -0.39 is 0 Å². The summed E-state index contributed by atoms with van der Waals surface area (Å²) in [5.74, 6) is 0.356. The number of fused-ring (bicyclic) bond motifs is 1. The molecule has 0 saturated heterocycles. The lowest BCUT2D eigenvalue weighted by Gasteiger charge is -2.17. The summed E-state index contributed by atoms with van der Waals surface area (Å²) in [6, 6.07) is 14.5. The molecular formula is C17H14IN3O2. The van der Waals surface area contributed by atoms with Crippen LogP contribution in [0.1, 0.15) is 16.2 Å². The molecular weight excluding hydrogens is 405 g/mol. The summed E-state index contributed by atoms with van der Waals surface area (Å²) in [6.07, 6.45) is 0. The molecule has 0 bridgehead atoms. The molecule has 0 saturated carbocycles. The second-order valence-corrected chi connectivity index (χ2v) is 6.45. The maximum absolute atomic E-state index is 12.5. The Labute approximate surface area is 146 Å². The van der Waals surface area contributed by atoms with Gasteiger partial charge in [0.05, 0.1) is 17.4 Å². The second-order valence-electron chi connectivity index (χ2n) is 5.20. The predicted molar refractivity (Wildman–Crippen MR) is 97.3 cm³/mol. The van der Waals surface area contributed by atoms with Gasteiger partial charge in [-0.1, -0.05) is 18.2 Å². The first-order chi connectivity index (χ1) is 11.0. The number of para-hydroxylation sites is 1. The quantitative estimate of drug-likeness (QED) is 0.665. The summed E-state index contributed by atoms with van der Waals surface area (Å²) in [7, 11) is 1.69. The third-order valence-corrected chi connectivity index (χ3v) is 4.14. The van der Waals surface area contributed by atoms with Gasteiger partial charge in [-0.05, 0) is 52.9 Å². The molecule has 6 heteroatoms. The highest BCUT2D eigenvalue weighted by Crippen LogP contribution is 2.11. The van der Waals surface area contributed by atoms with Crippen LogP contribution in [0.3, 0.4) is 0 Å². The Hall–Kier alpha value is -2.22. The lowest BCUT2D eigenvalue weighted by molar-refractivity contribution is 0.0781.